The molecule has 0 rings (SSSR count). The van der Waals surface area contributed by atoms with E-state index in [0.29, 0.717) is 25.7 Å². The fraction of sp³-hybridized carbons (Fsp3) is 1.00. The van der Waals surface area contributed by atoms with Gasteiger partial charge in [0.15, 0.2) is 0 Å². The van der Waals surface area contributed by atoms with Gasteiger partial charge in [-0.15, -0.1) is 0 Å². The topological polar surface area (TPSA) is 74.6 Å². The van der Waals surface area contributed by atoms with Crippen molar-refractivity contribution in [1.82, 2.24) is 0 Å². The van der Waals surface area contributed by atoms with Gasteiger partial charge >= 0.3 is 0 Å². The Morgan fingerprint density at radius 3 is 1.67 bits per heavy atom. The van der Waals surface area contributed by atoms with Crippen molar-refractivity contribution in [2.75, 3.05) is 0 Å². The van der Waals surface area contributed by atoms with Crippen LogP contribution in [0.25, 0.3) is 0 Å². The molecule has 0 heterocycles. The second-order valence-electron chi connectivity index (χ2n) is 7.13. The standard InChI is InChI=1S/C19H40O4S/c1-3-5-6-7-8-9-10-11-12-15-18(20)16-13-17-19(14-4-2)24(21,22)23/h18-20H,3-17H2,1-2H3,(H,21,22,23). The molecular weight excluding hydrogens is 324 g/mol. The molecule has 146 valence electrons. The SMILES string of the molecule is CCCCCCCCCCCC(O)CCCC(CCC)S(=O)(=O)O. The molecule has 0 aromatic carbocycles. The maximum absolute atomic E-state index is 11.2. The van der Waals surface area contributed by atoms with Crippen LogP contribution in [0.5, 0.6) is 0 Å². The van der Waals surface area contributed by atoms with Crippen LogP contribution in [0.2, 0.25) is 0 Å². The third kappa shape index (κ3) is 14.2. The molecule has 24 heavy (non-hydrogen) atoms. The molecular formula is C19H40O4S. The van der Waals surface area contributed by atoms with E-state index in [2.05, 4.69) is 6.92 Å². The molecule has 0 aliphatic heterocycles. The average molecular weight is 365 g/mol. The van der Waals surface area contributed by atoms with E-state index in [0.717, 1.165) is 19.3 Å². The zero-order chi connectivity index (χ0) is 18.3. The first kappa shape index (κ1) is 23.9. The second-order valence-corrected chi connectivity index (χ2v) is 8.82. The van der Waals surface area contributed by atoms with Crippen molar-refractivity contribution in [1.29, 1.82) is 0 Å². The van der Waals surface area contributed by atoms with E-state index in [9.17, 15) is 18.1 Å². The molecule has 4 nitrogen and oxygen atoms in total. The van der Waals surface area contributed by atoms with Crippen LogP contribution < -0.4 is 0 Å². The first-order chi connectivity index (χ1) is 11.4. The molecule has 5 heteroatoms. The summed E-state index contributed by atoms with van der Waals surface area (Å²) in [6.07, 6.45) is 14.9. The molecule has 0 aromatic rings. The Labute approximate surface area is 150 Å². The van der Waals surface area contributed by atoms with Crippen molar-refractivity contribution in [2.24, 2.45) is 0 Å². The predicted octanol–water partition coefficient (Wildman–Crippen LogP) is 5.50. The van der Waals surface area contributed by atoms with Gasteiger partial charge in [0.25, 0.3) is 10.1 Å². The lowest BCUT2D eigenvalue weighted by atomic mass is 10.0. The molecule has 0 amide bonds. The monoisotopic (exact) mass is 364 g/mol. The smallest absolute Gasteiger partial charge is 0.267 e. The minimum Gasteiger partial charge on any atom is -0.393 e. The van der Waals surface area contributed by atoms with Gasteiger partial charge in [-0.1, -0.05) is 78.1 Å². The van der Waals surface area contributed by atoms with E-state index in [1.165, 1.54) is 51.4 Å². The van der Waals surface area contributed by atoms with Crippen molar-refractivity contribution >= 4 is 10.1 Å². The highest BCUT2D eigenvalue weighted by Gasteiger charge is 2.21. The summed E-state index contributed by atoms with van der Waals surface area (Å²) < 4.78 is 31.7. The third-order valence-corrected chi connectivity index (χ3v) is 6.05. The first-order valence-corrected chi connectivity index (χ1v) is 11.6. The van der Waals surface area contributed by atoms with Crippen LogP contribution in [0, 0.1) is 0 Å². The van der Waals surface area contributed by atoms with E-state index >= 15 is 0 Å². The maximum atomic E-state index is 11.2. The normalized spacial score (nSPS) is 14.7. The van der Waals surface area contributed by atoms with Gasteiger partial charge in [-0.3, -0.25) is 4.55 Å². The van der Waals surface area contributed by atoms with E-state index in [-0.39, 0.29) is 6.10 Å². The Bertz CT molecular complexity index is 368. The van der Waals surface area contributed by atoms with Crippen LogP contribution in [0.1, 0.15) is 110 Å². The number of rotatable bonds is 17. The van der Waals surface area contributed by atoms with Gasteiger partial charge < -0.3 is 5.11 Å². The highest BCUT2D eigenvalue weighted by atomic mass is 32.2. The predicted molar refractivity (Wildman–Crippen MR) is 102 cm³/mol. The lowest BCUT2D eigenvalue weighted by molar-refractivity contribution is 0.147. The Morgan fingerprint density at radius 2 is 1.17 bits per heavy atom. The molecule has 0 aliphatic carbocycles. The Morgan fingerprint density at radius 1 is 0.667 bits per heavy atom. The summed E-state index contributed by atoms with van der Waals surface area (Å²) in [5.74, 6) is 0. The van der Waals surface area contributed by atoms with E-state index in [1.807, 2.05) is 6.92 Å². The summed E-state index contributed by atoms with van der Waals surface area (Å²) in [5.41, 5.74) is 0. The molecule has 0 fully saturated rings. The molecule has 0 aliphatic rings. The molecule has 2 N–H and O–H groups in total. The molecule has 0 spiro atoms. The van der Waals surface area contributed by atoms with Gasteiger partial charge in [0.05, 0.1) is 11.4 Å². The molecule has 2 atom stereocenters. The quantitative estimate of drug-likeness (QED) is 0.264. The lowest BCUT2D eigenvalue weighted by Gasteiger charge is -2.14. The van der Waals surface area contributed by atoms with Gasteiger partial charge in [-0.2, -0.15) is 8.42 Å². The number of aliphatic hydroxyl groups excluding tert-OH is 1. The van der Waals surface area contributed by atoms with Crippen LogP contribution in [0.4, 0.5) is 0 Å². The second kappa shape index (κ2) is 15.2. The molecule has 0 saturated carbocycles. The summed E-state index contributed by atoms with van der Waals surface area (Å²) in [7, 11) is -3.94. The average Bonchev–Trinajstić information content (AvgIpc) is 2.51. The van der Waals surface area contributed by atoms with Crippen LogP contribution in [-0.2, 0) is 10.1 Å². The van der Waals surface area contributed by atoms with Crippen molar-refractivity contribution < 1.29 is 18.1 Å². The summed E-state index contributed by atoms with van der Waals surface area (Å²) in [5, 5.41) is 9.32. The number of hydrogen-bond acceptors (Lipinski definition) is 3. The summed E-state index contributed by atoms with van der Waals surface area (Å²) in [6.45, 7) is 4.15. The van der Waals surface area contributed by atoms with Crippen molar-refractivity contribution in [2.45, 2.75) is 122 Å². The summed E-state index contributed by atoms with van der Waals surface area (Å²) >= 11 is 0. The zero-order valence-electron chi connectivity index (χ0n) is 15.9. The van der Waals surface area contributed by atoms with Crippen molar-refractivity contribution in [3.8, 4) is 0 Å². The Balaban J connectivity index is 3.57. The van der Waals surface area contributed by atoms with Crippen molar-refractivity contribution in [3.05, 3.63) is 0 Å². The number of unbranched alkanes of at least 4 members (excludes halogenated alkanes) is 8. The molecule has 0 radical (unpaired) electrons. The summed E-state index contributed by atoms with van der Waals surface area (Å²) in [4.78, 5) is 0. The lowest BCUT2D eigenvalue weighted by Crippen LogP contribution is -2.21. The number of hydrogen-bond donors (Lipinski definition) is 2. The molecule has 0 bridgehead atoms. The van der Waals surface area contributed by atoms with E-state index in [4.69, 9.17) is 0 Å². The van der Waals surface area contributed by atoms with Crippen molar-refractivity contribution in [3.63, 3.8) is 0 Å². The van der Waals surface area contributed by atoms with Crippen LogP contribution in [0.3, 0.4) is 0 Å². The highest BCUT2D eigenvalue weighted by molar-refractivity contribution is 7.86. The fourth-order valence-electron chi connectivity index (χ4n) is 3.18. The van der Waals surface area contributed by atoms with E-state index in [1.54, 1.807) is 0 Å². The van der Waals surface area contributed by atoms with Crippen LogP contribution >= 0.6 is 0 Å². The van der Waals surface area contributed by atoms with Gasteiger partial charge in [0, 0.05) is 0 Å². The summed E-state index contributed by atoms with van der Waals surface area (Å²) in [6, 6.07) is 0. The first-order valence-electron chi connectivity index (χ1n) is 10.1. The van der Waals surface area contributed by atoms with Gasteiger partial charge in [0.2, 0.25) is 0 Å². The van der Waals surface area contributed by atoms with E-state index < -0.39 is 15.4 Å². The highest BCUT2D eigenvalue weighted by Crippen LogP contribution is 2.18. The largest absolute Gasteiger partial charge is 0.393 e. The minimum atomic E-state index is -3.94. The van der Waals surface area contributed by atoms with Gasteiger partial charge in [-0.05, 0) is 32.1 Å². The maximum Gasteiger partial charge on any atom is 0.267 e. The zero-order valence-corrected chi connectivity index (χ0v) is 16.7. The van der Waals surface area contributed by atoms with Crippen LogP contribution in [0.15, 0.2) is 0 Å². The third-order valence-electron chi connectivity index (χ3n) is 4.74. The fourth-order valence-corrected chi connectivity index (χ4v) is 4.18. The van der Waals surface area contributed by atoms with Gasteiger partial charge in [-0.25, -0.2) is 0 Å². The minimum absolute atomic E-state index is 0.335. The van der Waals surface area contributed by atoms with Gasteiger partial charge in [0.1, 0.15) is 0 Å². The Kier molecular flexibility index (Phi) is 15.1. The Hall–Kier alpha value is -0.130. The molecule has 0 saturated heterocycles. The van der Waals surface area contributed by atoms with Crippen LogP contribution in [-0.4, -0.2) is 29.4 Å². The number of aliphatic hydroxyl groups is 1. The molecule has 0 aromatic heterocycles. The molecule has 2 unspecified atom stereocenters.